The molecule has 2 aromatic carbocycles. The van der Waals surface area contributed by atoms with Crippen molar-refractivity contribution in [1.82, 2.24) is 4.90 Å². The average molecular weight is 378 g/mol. The molecule has 0 saturated heterocycles. The summed E-state index contributed by atoms with van der Waals surface area (Å²) >= 11 is 0. The van der Waals surface area contributed by atoms with Gasteiger partial charge in [0.15, 0.2) is 0 Å². The van der Waals surface area contributed by atoms with Crippen LogP contribution in [-0.4, -0.2) is 29.4 Å². The SMILES string of the molecule is CCCN1C(=O)C(Nc2ccccc2C)=C(c2ccc(OC(C)C)cc2)C1=O. The van der Waals surface area contributed by atoms with E-state index in [0.29, 0.717) is 29.8 Å². The molecule has 146 valence electrons. The first-order valence-corrected chi connectivity index (χ1v) is 9.62. The lowest BCUT2D eigenvalue weighted by Crippen LogP contribution is -2.33. The number of benzene rings is 2. The number of rotatable bonds is 7. The molecule has 0 atom stereocenters. The minimum absolute atomic E-state index is 0.0677. The van der Waals surface area contributed by atoms with Gasteiger partial charge < -0.3 is 10.1 Å². The number of nitrogens with zero attached hydrogens (tertiary/aromatic N) is 1. The highest BCUT2D eigenvalue weighted by Gasteiger charge is 2.38. The van der Waals surface area contributed by atoms with Crippen molar-refractivity contribution in [2.75, 3.05) is 11.9 Å². The molecule has 1 aliphatic heterocycles. The van der Waals surface area contributed by atoms with Crippen LogP contribution in [0.1, 0.15) is 38.3 Å². The summed E-state index contributed by atoms with van der Waals surface area (Å²) in [5.41, 5.74) is 3.24. The van der Waals surface area contributed by atoms with E-state index < -0.39 is 0 Å². The Morgan fingerprint density at radius 2 is 1.68 bits per heavy atom. The number of para-hydroxylation sites is 1. The summed E-state index contributed by atoms with van der Waals surface area (Å²) in [6.07, 6.45) is 0.780. The molecule has 1 aliphatic rings. The number of carbonyl (C=O) groups is 2. The Kier molecular flexibility index (Phi) is 5.83. The van der Waals surface area contributed by atoms with Crippen LogP contribution in [0.15, 0.2) is 54.2 Å². The summed E-state index contributed by atoms with van der Waals surface area (Å²) in [4.78, 5) is 27.3. The quantitative estimate of drug-likeness (QED) is 0.726. The van der Waals surface area contributed by atoms with Crippen LogP contribution in [0.25, 0.3) is 5.57 Å². The predicted octanol–water partition coefficient (Wildman–Crippen LogP) is 4.38. The standard InChI is InChI=1S/C23H26N2O3/c1-5-14-25-22(26)20(17-10-12-18(13-11-17)28-15(2)3)21(23(25)27)24-19-9-7-6-8-16(19)4/h6-13,15,24H,5,14H2,1-4H3. The molecular formula is C23H26N2O3. The van der Waals surface area contributed by atoms with E-state index in [1.807, 2.05) is 76.2 Å². The highest BCUT2D eigenvalue weighted by molar-refractivity contribution is 6.36. The number of ether oxygens (including phenoxy) is 1. The minimum atomic E-state index is -0.285. The minimum Gasteiger partial charge on any atom is -0.491 e. The first-order valence-electron chi connectivity index (χ1n) is 9.62. The van der Waals surface area contributed by atoms with Crippen LogP contribution < -0.4 is 10.1 Å². The Morgan fingerprint density at radius 3 is 2.29 bits per heavy atom. The molecule has 0 bridgehead atoms. The Morgan fingerprint density at radius 1 is 1.00 bits per heavy atom. The van der Waals surface area contributed by atoms with Gasteiger partial charge in [0.2, 0.25) is 0 Å². The lowest BCUT2D eigenvalue weighted by molar-refractivity contribution is -0.136. The molecule has 5 nitrogen and oxygen atoms in total. The van der Waals surface area contributed by atoms with Crippen LogP contribution in [0.5, 0.6) is 5.75 Å². The van der Waals surface area contributed by atoms with Crippen molar-refractivity contribution in [3.8, 4) is 5.75 Å². The van der Waals surface area contributed by atoms with E-state index in [1.54, 1.807) is 0 Å². The number of hydrogen-bond donors (Lipinski definition) is 1. The normalized spacial score (nSPS) is 14.2. The maximum absolute atomic E-state index is 13.0. The van der Waals surface area contributed by atoms with Crippen molar-refractivity contribution in [3.63, 3.8) is 0 Å². The van der Waals surface area contributed by atoms with Gasteiger partial charge in [0.25, 0.3) is 11.8 Å². The van der Waals surface area contributed by atoms with E-state index in [4.69, 9.17) is 4.74 Å². The van der Waals surface area contributed by atoms with Crippen LogP contribution in [0.3, 0.4) is 0 Å². The van der Waals surface area contributed by atoms with Gasteiger partial charge in [0.05, 0.1) is 11.7 Å². The van der Waals surface area contributed by atoms with Crippen molar-refractivity contribution >= 4 is 23.1 Å². The number of carbonyl (C=O) groups excluding carboxylic acids is 2. The monoisotopic (exact) mass is 378 g/mol. The summed E-state index contributed by atoms with van der Waals surface area (Å²) in [5, 5.41) is 3.21. The molecule has 28 heavy (non-hydrogen) atoms. The Hall–Kier alpha value is -3.08. The zero-order chi connectivity index (χ0) is 20.3. The molecule has 0 fully saturated rings. The molecule has 0 spiro atoms. The number of nitrogens with one attached hydrogen (secondary N) is 1. The largest absolute Gasteiger partial charge is 0.491 e. The van der Waals surface area contributed by atoms with Gasteiger partial charge >= 0.3 is 0 Å². The van der Waals surface area contributed by atoms with Gasteiger partial charge in [-0.1, -0.05) is 37.3 Å². The summed E-state index contributed by atoms with van der Waals surface area (Å²) in [6.45, 7) is 8.23. The molecular weight excluding hydrogens is 352 g/mol. The summed E-state index contributed by atoms with van der Waals surface area (Å²) in [6, 6.07) is 15.0. The fourth-order valence-corrected chi connectivity index (χ4v) is 3.21. The molecule has 0 saturated carbocycles. The molecule has 3 rings (SSSR count). The van der Waals surface area contributed by atoms with E-state index in [2.05, 4.69) is 5.32 Å². The second kappa shape index (κ2) is 8.30. The van der Waals surface area contributed by atoms with E-state index in [0.717, 1.165) is 17.0 Å². The first kappa shape index (κ1) is 19.7. The average Bonchev–Trinajstić information content (AvgIpc) is 2.89. The first-order chi connectivity index (χ1) is 13.4. The summed E-state index contributed by atoms with van der Waals surface area (Å²) in [7, 11) is 0. The Bertz CT molecular complexity index is 914. The van der Waals surface area contributed by atoms with Crippen molar-refractivity contribution in [2.45, 2.75) is 40.2 Å². The number of aryl methyl sites for hydroxylation is 1. The van der Waals surface area contributed by atoms with Gasteiger partial charge in [0, 0.05) is 12.2 Å². The van der Waals surface area contributed by atoms with Gasteiger partial charge in [-0.25, -0.2) is 0 Å². The molecule has 2 aromatic rings. The maximum atomic E-state index is 13.0. The third-order valence-electron chi connectivity index (χ3n) is 4.53. The van der Waals surface area contributed by atoms with Crippen LogP contribution in [0, 0.1) is 6.92 Å². The molecule has 2 amide bonds. The summed E-state index contributed by atoms with van der Waals surface area (Å²) < 4.78 is 5.68. The Labute approximate surface area is 166 Å². The second-order valence-electron chi connectivity index (χ2n) is 7.14. The fourth-order valence-electron chi connectivity index (χ4n) is 3.21. The highest BCUT2D eigenvalue weighted by atomic mass is 16.5. The van der Waals surface area contributed by atoms with Crippen molar-refractivity contribution in [2.24, 2.45) is 0 Å². The molecule has 0 radical (unpaired) electrons. The van der Waals surface area contributed by atoms with E-state index in [9.17, 15) is 9.59 Å². The zero-order valence-electron chi connectivity index (χ0n) is 16.8. The van der Waals surface area contributed by atoms with Gasteiger partial charge in [-0.15, -0.1) is 0 Å². The van der Waals surface area contributed by atoms with Crippen LogP contribution >= 0.6 is 0 Å². The Balaban J connectivity index is 2.02. The molecule has 5 heteroatoms. The van der Waals surface area contributed by atoms with Crippen molar-refractivity contribution < 1.29 is 14.3 Å². The smallest absolute Gasteiger partial charge is 0.278 e. The third-order valence-corrected chi connectivity index (χ3v) is 4.53. The number of hydrogen-bond acceptors (Lipinski definition) is 4. The van der Waals surface area contributed by atoms with Gasteiger partial charge in [-0.2, -0.15) is 0 Å². The predicted molar refractivity (Wildman–Crippen MR) is 111 cm³/mol. The maximum Gasteiger partial charge on any atom is 0.278 e. The molecule has 0 unspecified atom stereocenters. The van der Waals surface area contributed by atoms with Gasteiger partial charge in [-0.3, -0.25) is 14.5 Å². The molecule has 0 aromatic heterocycles. The van der Waals surface area contributed by atoms with Crippen LogP contribution in [0.4, 0.5) is 5.69 Å². The highest BCUT2D eigenvalue weighted by Crippen LogP contribution is 2.32. The van der Waals surface area contributed by atoms with E-state index in [1.165, 1.54) is 4.90 Å². The number of amides is 2. The fraction of sp³-hybridized carbons (Fsp3) is 0.304. The third kappa shape index (κ3) is 3.93. The van der Waals surface area contributed by atoms with Gasteiger partial charge in [-0.05, 0) is 56.5 Å². The topological polar surface area (TPSA) is 58.6 Å². The molecule has 1 N–H and O–H groups in total. The number of imide groups is 1. The molecule has 0 aliphatic carbocycles. The van der Waals surface area contributed by atoms with E-state index >= 15 is 0 Å². The zero-order valence-corrected chi connectivity index (χ0v) is 16.8. The van der Waals surface area contributed by atoms with Gasteiger partial charge in [0.1, 0.15) is 11.4 Å². The van der Waals surface area contributed by atoms with Crippen molar-refractivity contribution in [1.29, 1.82) is 0 Å². The molecule has 1 heterocycles. The lowest BCUT2D eigenvalue weighted by atomic mass is 10.0. The van der Waals surface area contributed by atoms with E-state index in [-0.39, 0.29) is 17.9 Å². The van der Waals surface area contributed by atoms with Crippen LogP contribution in [0.2, 0.25) is 0 Å². The lowest BCUT2D eigenvalue weighted by Gasteiger charge is -2.14. The van der Waals surface area contributed by atoms with Crippen LogP contribution in [-0.2, 0) is 9.59 Å². The number of anilines is 1. The summed E-state index contributed by atoms with van der Waals surface area (Å²) in [5.74, 6) is 0.183. The van der Waals surface area contributed by atoms with Crippen molar-refractivity contribution in [3.05, 3.63) is 65.4 Å². The second-order valence-corrected chi connectivity index (χ2v) is 7.14.